The smallest absolute Gasteiger partial charge is 0.102 e. The predicted molar refractivity (Wildman–Crippen MR) is 73.7 cm³/mol. The summed E-state index contributed by atoms with van der Waals surface area (Å²) < 4.78 is 0. The Morgan fingerprint density at radius 2 is 1.88 bits per heavy atom. The van der Waals surface area contributed by atoms with Crippen LogP contribution in [0, 0.1) is 11.3 Å². The number of nitrogens with zero attached hydrogens (tertiary/aromatic N) is 2. The molecule has 0 aliphatic rings. The van der Waals surface area contributed by atoms with E-state index in [2.05, 4.69) is 38.7 Å². The summed E-state index contributed by atoms with van der Waals surface area (Å²) in [4.78, 5) is 2.46. The van der Waals surface area contributed by atoms with E-state index >= 15 is 0 Å². The van der Waals surface area contributed by atoms with Gasteiger partial charge in [-0.1, -0.05) is 19.8 Å². The monoisotopic (exact) mass is 239 g/mol. The lowest BCUT2D eigenvalue weighted by molar-refractivity contribution is 0.142. The van der Waals surface area contributed by atoms with E-state index in [1.165, 1.54) is 19.3 Å². The number of rotatable bonds is 8. The fourth-order valence-corrected chi connectivity index (χ4v) is 2.31. The Morgan fingerprint density at radius 3 is 2.29 bits per heavy atom. The average Bonchev–Trinajstić information content (AvgIpc) is 2.23. The van der Waals surface area contributed by atoms with Crippen LogP contribution < -0.4 is 5.73 Å². The van der Waals surface area contributed by atoms with Gasteiger partial charge in [0, 0.05) is 12.1 Å². The minimum Gasteiger partial charge on any atom is -0.314 e. The van der Waals surface area contributed by atoms with Gasteiger partial charge in [0.15, 0.2) is 0 Å². The molecule has 0 saturated carbocycles. The Labute approximate surface area is 107 Å². The Balaban J connectivity index is 4.35. The molecule has 3 heteroatoms. The van der Waals surface area contributed by atoms with Crippen molar-refractivity contribution < 1.29 is 0 Å². The van der Waals surface area contributed by atoms with Crippen LogP contribution in [0.3, 0.4) is 0 Å². The minimum atomic E-state index is -0.711. The number of nitriles is 1. The number of unbranched alkanes of at least 4 members (excludes halogenated alkanes) is 2. The first kappa shape index (κ1) is 16.4. The summed E-state index contributed by atoms with van der Waals surface area (Å²) in [6, 6.07) is 3.06. The van der Waals surface area contributed by atoms with E-state index in [0.717, 1.165) is 13.0 Å². The highest BCUT2D eigenvalue weighted by Crippen LogP contribution is 2.16. The minimum absolute atomic E-state index is 0.363. The van der Waals surface area contributed by atoms with Crippen LogP contribution in [0.5, 0.6) is 0 Å². The maximum Gasteiger partial charge on any atom is 0.102 e. The highest BCUT2D eigenvalue weighted by molar-refractivity contribution is 5.02. The van der Waals surface area contributed by atoms with E-state index in [1.54, 1.807) is 0 Å². The second-order valence-corrected chi connectivity index (χ2v) is 5.62. The van der Waals surface area contributed by atoms with Crippen molar-refractivity contribution in [3.63, 3.8) is 0 Å². The largest absolute Gasteiger partial charge is 0.314 e. The predicted octanol–water partition coefficient (Wildman–Crippen LogP) is 2.91. The summed E-state index contributed by atoms with van der Waals surface area (Å²) in [7, 11) is 0. The molecule has 2 unspecified atom stereocenters. The molecule has 0 radical (unpaired) electrons. The van der Waals surface area contributed by atoms with Crippen LogP contribution in [0.4, 0.5) is 0 Å². The molecule has 0 aliphatic carbocycles. The molecule has 0 aliphatic heterocycles. The molecule has 0 spiro atoms. The molecule has 17 heavy (non-hydrogen) atoms. The summed E-state index contributed by atoms with van der Waals surface area (Å²) >= 11 is 0. The Morgan fingerprint density at radius 1 is 1.29 bits per heavy atom. The lowest BCUT2D eigenvalue weighted by Crippen LogP contribution is -2.46. The van der Waals surface area contributed by atoms with Crippen molar-refractivity contribution in [3.8, 4) is 6.07 Å². The fourth-order valence-electron chi connectivity index (χ4n) is 2.31. The normalized spacial score (nSPS) is 16.9. The van der Waals surface area contributed by atoms with E-state index in [1.807, 2.05) is 6.92 Å². The number of hydrogen-bond acceptors (Lipinski definition) is 3. The Kier molecular flexibility index (Phi) is 7.41. The molecule has 0 bridgehead atoms. The molecular weight excluding hydrogens is 210 g/mol. The van der Waals surface area contributed by atoms with Gasteiger partial charge in [-0.15, -0.1) is 0 Å². The van der Waals surface area contributed by atoms with Crippen LogP contribution >= 0.6 is 0 Å². The summed E-state index contributed by atoms with van der Waals surface area (Å²) in [6.45, 7) is 11.7. The van der Waals surface area contributed by atoms with Crippen molar-refractivity contribution in [2.45, 2.75) is 77.9 Å². The van der Waals surface area contributed by atoms with Gasteiger partial charge >= 0.3 is 0 Å². The van der Waals surface area contributed by atoms with Gasteiger partial charge in [0.25, 0.3) is 0 Å². The molecule has 2 N–H and O–H groups in total. The van der Waals surface area contributed by atoms with Crippen LogP contribution in [-0.4, -0.2) is 29.1 Å². The topological polar surface area (TPSA) is 53.0 Å². The van der Waals surface area contributed by atoms with E-state index < -0.39 is 5.54 Å². The second-order valence-electron chi connectivity index (χ2n) is 5.62. The first-order valence-corrected chi connectivity index (χ1v) is 6.80. The first-order chi connectivity index (χ1) is 7.84. The third kappa shape index (κ3) is 6.65. The maximum absolute atomic E-state index is 8.98. The third-order valence-electron chi connectivity index (χ3n) is 3.22. The van der Waals surface area contributed by atoms with Crippen molar-refractivity contribution in [1.82, 2.24) is 4.90 Å². The van der Waals surface area contributed by atoms with Gasteiger partial charge in [-0.3, -0.25) is 4.90 Å². The molecule has 0 aromatic carbocycles. The Hall–Kier alpha value is -0.590. The molecule has 0 aromatic heterocycles. The number of nitrogens with two attached hydrogens (primary N) is 1. The van der Waals surface area contributed by atoms with Crippen molar-refractivity contribution >= 4 is 0 Å². The SMILES string of the molecule is CCCCCN(C(C)C)C(C)CC(C)(N)C#N. The van der Waals surface area contributed by atoms with Gasteiger partial charge in [-0.05, 0) is 47.1 Å². The second kappa shape index (κ2) is 7.68. The molecule has 0 rings (SSSR count). The maximum atomic E-state index is 8.98. The van der Waals surface area contributed by atoms with Gasteiger partial charge in [0.1, 0.15) is 5.54 Å². The van der Waals surface area contributed by atoms with Gasteiger partial charge < -0.3 is 5.73 Å². The van der Waals surface area contributed by atoms with Crippen LogP contribution in [-0.2, 0) is 0 Å². The van der Waals surface area contributed by atoms with Crippen molar-refractivity contribution in [3.05, 3.63) is 0 Å². The van der Waals surface area contributed by atoms with Crippen LogP contribution in [0.2, 0.25) is 0 Å². The molecule has 0 amide bonds. The summed E-state index contributed by atoms with van der Waals surface area (Å²) in [6.07, 6.45) is 4.47. The lowest BCUT2D eigenvalue weighted by atomic mass is 9.95. The molecule has 2 atom stereocenters. The number of hydrogen-bond donors (Lipinski definition) is 1. The summed E-state index contributed by atoms with van der Waals surface area (Å²) in [5.74, 6) is 0. The van der Waals surface area contributed by atoms with Crippen molar-refractivity contribution in [1.29, 1.82) is 5.26 Å². The molecule has 3 nitrogen and oxygen atoms in total. The molecule has 0 saturated heterocycles. The lowest BCUT2D eigenvalue weighted by Gasteiger charge is -2.35. The highest BCUT2D eigenvalue weighted by atomic mass is 15.2. The van der Waals surface area contributed by atoms with Gasteiger partial charge in [-0.2, -0.15) is 5.26 Å². The zero-order chi connectivity index (χ0) is 13.5. The molecule has 0 heterocycles. The standard InChI is InChI=1S/C14H29N3/c1-6-7-8-9-17(12(2)3)13(4)10-14(5,16)11-15/h12-13H,6-10,16H2,1-5H3. The molecular formula is C14H29N3. The fraction of sp³-hybridized carbons (Fsp3) is 0.929. The van der Waals surface area contributed by atoms with Crippen molar-refractivity contribution in [2.24, 2.45) is 5.73 Å². The van der Waals surface area contributed by atoms with E-state index in [0.29, 0.717) is 12.1 Å². The third-order valence-corrected chi connectivity index (χ3v) is 3.22. The van der Waals surface area contributed by atoms with Gasteiger partial charge in [-0.25, -0.2) is 0 Å². The molecule has 0 fully saturated rings. The van der Waals surface area contributed by atoms with E-state index in [9.17, 15) is 0 Å². The average molecular weight is 239 g/mol. The van der Waals surface area contributed by atoms with E-state index in [4.69, 9.17) is 11.0 Å². The molecule has 100 valence electrons. The van der Waals surface area contributed by atoms with Crippen LogP contribution in [0.25, 0.3) is 0 Å². The van der Waals surface area contributed by atoms with Crippen LogP contribution in [0.15, 0.2) is 0 Å². The van der Waals surface area contributed by atoms with Gasteiger partial charge in [0.2, 0.25) is 0 Å². The van der Waals surface area contributed by atoms with Crippen LogP contribution in [0.1, 0.15) is 60.3 Å². The Bertz CT molecular complexity index is 240. The highest BCUT2D eigenvalue weighted by Gasteiger charge is 2.25. The van der Waals surface area contributed by atoms with Crippen molar-refractivity contribution in [2.75, 3.05) is 6.54 Å². The first-order valence-electron chi connectivity index (χ1n) is 6.80. The quantitative estimate of drug-likeness (QED) is 0.663. The zero-order valence-electron chi connectivity index (χ0n) is 12.2. The zero-order valence-corrected chi connectivity index (χ0v) is 12.2. The summed E-state index contributed by atoms with van der Waals surface area (Å²) in [5, 5.41) is 8.98. The molecule has 0 aromatic rings. The van der Waals surface area contributed by atoms with Gasteiger partial charge in [0.05, 0.1) is 6.07 Å². The van der Waals surface area contributed by atoms with E-state index in [-0.39, 0.29) is 0 Å². The summed E-state index contributed by atoms with van der Waals surface area (Å²) in [5.41, 5.74) is 5.21.